The van der Waals surface area contributed by atoms with Crippen LogP contribution in [0.4, 0.5) is 5.69 Å². The molecule has 0 fully saturated rings. The molecule has 1 N–H and O–H groups in total. The molecule has 0 aliphatic rings. The van der Waals surface area contributed by atoms with Gasteiger partial charge in [-0.1, -0.05) is 35.3 Å². The van der Waals surface area contributed by atoms with Crippen molar-refractivity contribution in [2.24, 2.45) is 0 Å². The van der Waals surface area contributed by atoms with Gasteiger partial charge in [-0.05, 0) is 55.5 Å². The number of anilines is 1. The lowest BCUT2D eigenvalue weighted by Crippen LogP contribution is -2.13. The summed E-state index contributed by atoms with van der Waals surface area (Å²) >= 11 is 12.1. The molecule has 0 unspecified atom stereocenters. The number of carbonyl (C=O) groups excluding carboxylic acids is 1. The number of benzene rings is 3. The van der Waals surface area contributed by atoms with Gasteiger partial charge in [-0.3, -0.25) is 4.79 Å². The zero-order chi connectivity index (χ0) is 21.5. The summed E-state index contributed by atoms with van der Waals surface area (Å²) in [7, 11) is 1.58. The van der Waals surface area contributed by atoms with Gasteiger partial charge in [0.05, 0.1) is 24.4 Å². The van der Waals surface area contributed by atoms with Crippen molar-refractivity contribution >= 4 is 34.8 Å². The highest BCUT2D eigenvalue weighted by Crippen LogP contribution is 2.30. The van der Waals surface area contributed by atoms with Gasteiger partial charge in [0.15, 0.2) is 11.5 Å². The van der Waals surface area contributed by atoms with Crippen LogP contribution in [0.25, 0.3) is 0 Å². The highest BCUT2D eigenvalue weighted by molar-refractivity contribution is 6.35. The van der Waals surface area contributed by atoms with Crippen molar-refractivity contribution in [3.8, 4) is 17.2 Å². The zero-order valence-electron chi connectivity index (χ0n) is 16.6. The molecule has 3 rings (SSSR count). The van der Waals surface area contributed by atoms with Crippen molar-refractivity contribution < 1.29 is 19.0 Å². The molecule has 3 aromatic rings. The third-order valence-electron chi connectivity index (χ3n) is 4.25. The van der Waals surface area contributed by atoms with Gasteiger partial charge in [-0.25, -0.2) is 0 Å². The van der Waals surface area contributed by atoms with Crippen LogP contribution in [-0.4, -0.2) is 19.6 Å². The number of carbonyl (C=O) groups is 1. The Morgan fingerprint density at radius 3 is 2.43 bits per heavy atom. The average molecular weight is 446 g/mol. The Kier molecular flexibility index (Phi) is 7.44. The van der Waals surface area contributed by atoms with Gasteiger partial charge in [-0.15, -0.1) is 0 Å². The second-order valence-corrected chi connectivity index (χ2v) is 7.12. The van der Waals surface area contributed by atoms with E-state index < -0.39 is 0 Å². The summed E-state index contributed by atoms with van der Waals surface area (Å²) in [5.74, 6) is 1.55. The van der Waals surface area contributed by atoms with E-state index in [-0.39, 0.29) is 12.5 Å². The highest BCUT2D eigenvalue weighted by Gasteiger charge is 2.14. The highest BCUT2D eigenvalue weighted by atomic mass is 35.5. The van der Waals surface area contributed by atoms with Crippen LogP contribution in [0.3, 0.4) is 0 Å². The Bertz CT molecular complexity index is 1040. The maximum Gasteiger partial charge on any atom is 0.255 e. The molecule has 0 heterocycles. The molecule has 7 heteroatoms. The van der Waals surface area contributed by atoms with Gasteiger partial charge < -0.3 is 19.5 Å². The molecule has 0 spiro atoms. The van der Waals surface area contributed by atoms with E-state index in [1.54, 1.807) is 43.5 Å². The van der Waals surface area contributed by atoms with Crippen LogP contribution in [0.15, 0.2) is 60.7 Å². The number of nitrogens with one attached hydrogen (secondary N) is 1. The second kappa shape index (κ2) is 10.2. The van der Waals surface area contributed by atoms with Crippen LogP contribution in [0.2, 0.25) is 10.0 Å². The number of para-hydroxylation sites is 2. The predicted octanol–water partition coefficient (Wildman–Crippen LogP) is 6.23. The maximum absolute atomic E-state index is 12.8. The summed E-state index contributed by atoms with van der Waals surface area (Å²) in [6, 6.07) is 17.4. The fourth-order valence-electron chi connectivity index (χ4n) is 2.81. The Hall–Kier alpha value is -2.89. The summed E-state index contributed by atoms with van der Waals surface area (Å²) in [6.45, 7) is 2.59. The first-order valence-corrected chi connectivity index (χ1v) is 10.1. The second-order valence-electron chi connectivity index (χ2n) is 6.27. The molecule has 0 aliphatic heterocycles. The molecule has 0 aromatic heterocycles. The number of halogens is 2. The third-order valence-corrected chi connectivity index (χ3v) is 4.82. The van der Waals surface area contributed by atoms with E-state index >= 15 is 0 Å². The van der Waals surface area contributed by atoms with Crippen LogP contribution in [0.1, 0.15) is 22.8 Å². The van der Waals surface area contributed by atoms with E-state index in [0.29, 0.717) is 45.2 Å². The van der Waals surface area contributed by atoms with Crippen LogP contribution in [0.5, 0.6) is 17.2 Å². The number of hydrogen-bond donors (Lipinski definition) is 1. The van der Waals surface area contributed by atoms with Crippen molar-refractivity contribution in [1.82, 2.24) is 0 Å². The first-order chi connectivity index (χ1) is 14.5. The fourth-order valence-corrected chi connectivity index (χ4v) is 3.15. The summed E-state index contributed by atoms with van der Waals surface area (Å²) in [6.07, 6.45) is 0. The molecule has 156 valence electrons. The summed E-state index contributed by atoms with van der Waals surface area (Å²) in [5.41, 5.74) is 1.61. The van der Waals surface area contributed by atoms with Gasteiger partial charge in [0.25, 0.3) is 5.91 Å². The largest absolute Gasteiger partial charge is 0.493 e. The molecule has 0 bridgehead atoms. The molecule has 30 heavy (non-hydrogen) atoms. The lowest BCUT2D eigenvalue weighted by Gasteiger charge is -2.15. The summed E-state index contributed by atoms with van der Waals surface area (Å²) in [5, 5.41) is 3.66. The normalized spacial score (nSPS) is 10.4. The standard InChI is InChI=1S/C23H21Cl2NO4/c1-3-29-20-11-8-15(23(27)26-19-13-17(24)9-10-18(19)25)12-16(20)14-30-22-7-5-4-6-21(22)28-2/h4-13H,3,14H2,1-2H3,(H,26,27). The Balaban J connectivity index is 1.83. The van der Waals surface area contributed by atoms with Gasteiger partial charge >= 0.3 is 0 Å². The Morgan fingerprint density at radius 1 is 0.933 bits per heavy atom. The van der Waals surface area contributed by atoms with Crippen molar-refractivity contribution in [2.75, 3.05) is 19.0 Å². The Morgan fingerprint density at radius 2 is 1.70 bits per heavy atom. The van der Waals surface area contributed by atoms with Crippen LogP contribution < -0.4 is 19.5 Å². The zero-order valence-corrected chi connectivity index (χ0v) is 18.1. The minimum Gasteiger partial charge on any atom is -0.493 e. The number of rotatable bonds is 8. The average Bonchev–Trinajstić information content (AvgIpc) is 2.75. The smallest absolute Gasteiger partial charge is 0.255 e. The maximum atomic E-state index is 12.8. The summed E-state index contributed by atoms with van der Waals surface area (Å²) < 4.78 is 16.9. The molecule has 0 saturated heterocycles. The van der Waals surface area contributed by atoms with E-state index in [0.717, 1.165) is 5.56 Å². The first-order valence-electron chi connectivity index (χ1n) is 9.29. The summed E-state index contributed by atoms with van der Waals surface area (Å²) in [4.78, 5) is 12.8. The molecular weight excluding hydrogens is 425 g/mol. The van der Waals surface area contributed by atoms with Crippen molar-refractivity contribution in [1.29, 1.82) is 0 Å². The Labute approximate surface area is 185 Å². The van der Waals surface area contributed by atoms with Crippen molar-refractivity contribution in [2.45, 2.75) is 13.5 Å². The minimum absolute atomic E-state index is 0.203. The first kappa shape index (κ1) is 21.8. The van der Waals surface area contributed by atoms with E-state index in [4.69, 9.17) is 37.4 Å². The number of hydrogen-bond acceptors (Lipinski definition) is 4. The molecule has 0 radical (unpaired) electrons. The van der Waals surface area contributed by atoms with Gasteiger partial charge in [-0.2, -0.15) is 0 Å². The van der Waals surface area contributed by atoms with Crippen molar-refractivity contribution in [3.63, 3.8) is 0 Å². The van der Waals surface area contributed by atoms with E-state index in [2.05, 4.69) is 5.32 Å². The van der Waals surface area contributed by atoms with E-state index in [9.17, 15) is 4.79 Å². The quantitative estimate of drug-likeness (QED) is 0.446. The van der Waals surface area contributed by atoms with Gasteiger partial charge in [0.2, 0.25) is 0 Å². The molecular formula is C23H21Cl2NO4. The van der Waals surface area contributed by atoms with Crippen LogP contribution in [0, 0.1) is 0 Å². The van der Waals surface area contributed by atoms with Gasteiger partial charge in [0.1, 0.15) is 12.4 Å². The van der Waals surface area contributed by atoms with Crippen LogP contribution in [-0.2, 0) is 6.61 Å². The molecule has 0 aliphatic carbocycles. The van der Waals surface area contributed by atoms with E-state index in [1.165, 1.54) is 0 Å². The SMILES string of the molecule is CCOc1ccc(C(=O)Nc2cc(Cl)ccc2Cl)cc1COc1ccccc1OC. The minimum atomic E-state index is -0.319. The molecule has 0 atom stereocenters. The topological polar surface area (TPSA) is 56.8 Å². The van der Waals surface area contributed by atoms with Gasteiger partial charge in [0, 0.05) is 16.1 Å². The lowest BCUT2D eigenvalue weighted by molar-refractivity contribution is 0.102. The molecule has 5 nitrogen and oxygen atoms in total. The monoisotopic (exact) mass is 445 g/mol. The predicted molar refractivity (Wildman–Crippen MR) is 119 cm³/mol. The number of ether oxygens (including phenoxy) is 3. The number of methoxy groups -OCH3 is 1. The molecule has 1 amide bonds. The molecule has 0 saturated carbocycles. The fraction of sp³-hybridized carbons (Fsp3) is 0.174. The lowest BCUT2D eigenvalue weighted by atomic mass is 10.1. The van der Waals surface area contributed by atoms with Crippen molar-refractivity contribution in [3.05, 3.63) is 81.8 Å². The molecule has 3 aromatic carbocycles. The van der Waals surface area contributed by atoms with Crippen LogP contribution >= 0.6 is 23.2 Å². The third kappa shape index (κ3) is 5.38. The van der Waals surface area contributed by atoms with E-state index in [1.807, 2.05) is 31.2 Å². The number of amides is 1.